The number of nitrogens with zero attached hydrogens (tertiary/aromatic N) is 2. The minimum absolute atomic E-state index is 0.239. The van der Waals surface area contributed by atoms with Gasteiger partial charge in [0.05, 0.1) is 11.0 Å². The van der Waals surface area contributed by atoms with E-state index in [1.165, 1.54) is 12.1 Å². The molecule has 0 fully saturated rings. The summed E-state index contributed by atoms with van der Waals surface area (Å²) >= 11 is 6.30. The van der Waals surface area contributed by atoms with Crippen LogP contribution in [-0.2, 0) is 6.42 Å². The predicted octanol–water partition coefficient (Wildman–Crippen LogP) is 5.91. The highest BCUT2D eigenvalue weighted by atomic mass is 35.5. The molecule has 1 N–H and O–H groups in total. The van der Waals surface area contributed by atoms with Crippen LogP contribution in [0.3, 0.4) is 0 Å². The lowest BCUT2D eigenvalue weighted by Crippen LogP contribution is -2.15. The van der Waals surface area contributed by atoms with Crippen LogP contribution in [0.2, 0.25) is 5.02 Å². The summed E-state index contributed by atoms with van der Waals surface area (Å²) in [6, 6.07) is 20.8. The van der Waals surface area contributed by atoms with Gasteiger partial charge in [-0.1, -0.05) is 29.8 Å². The number of hydrogen-bond acceptors (Lipinski definition) is 3. The fraction of sp³-hybridized carbons (Fsp3) is 0.0769. The molecule has 0 radical (unpaired) electrons. The van der Waals surface area contributed by atoms with E-state index in [2.05, 4.69) is 10.3 Å². The van der Waals surface area contributed by atoms with Crippen molar-refractivity contribution in [3.05, 3.63) is 107 Å². The summed E-state index contributed by atoms with van der Waals surface area (Å²) in [6.45, 7) is 0.376. The second-order valence-corrected chi connectivity index (χ2v) is 7.99. The molecule has 0 saturated heterocycles. The van der Waals surface area contributed by atoms with Gasteiger partial charge in [-0.2, -0.15) is 4.73 Å². The van der Waals surface area contributed by atoms with Crippen molar-refractivity contribution in [1.82, 2.24) is 9.71 Å². The lowest BCUT2D eigenvalue weighted by atomic mass is 10.1. The van der Waals surface area contributed by atoms with Crippen molar-refractivity contribution >= 4 is 45.0 Å². The maximum Gasteiger partial charge on any atom is 0.256 e. The number of fused-ring (bicyclic) bond motifs is 3. The van der Waals surface area contributed by atoms with Gasteiger partial charge in [0, 0.05) is 45.9 Å². The number of benzene rings is 3. The van der Waals surface area contributed by atoms with Gasteiger partial charge in [0.2, 0.25) is 0 Å². The van der Waals surface area contributed by atoms with Crippen molar-refractivity contribution in [2.45, 2.75) is 6.42 Å². The summed E-state index contributed by atoms with van der Waals surface area (Å²) in [4.78, 5) is 23.3. The lowest BCUT2D eigenvalue weighted by molar-refractivity contribution is 0.102. The first-order valence-electron chi connectivity index (χ1n) is 10.4. The van der Waals surface area contributed by atoms with Crippen LogP contribution >= 0.6 is 11.6 Å². The zero-order chi connectivity index (χ0) is 22.8. The number of rotatable bonds is 6. The second kappa shape index (κ2) is 8.92. The van der Waals surface area contributed by atoms with E-state index < -0.39 is 0 Å². The molecule has 7 heteroatoms. The number of carbonyl (C=O) groups is 1. The molecule has 0 aliphatic rings. The highest BCUT2D eigenvalue weighted by Crippen LogP contribution is 2.33. The van der Waals surface area contributed by atoms with E-state index in [0.29, 0.717) is 29.3 Å². The molecule has 0 aliphatic carbocycles. The number of amides is 1. The molecule has 2 aromatic heterocycles. The molecular weight excluding hydrogens is 441 g/mol. The Hall–Kier alpha value is -3.90. The molecule has 5 aromatic rings. The van der Waals surface area contributed by atoms with Crippen LogP contribution < -0.4 is 10.2 Å². The molecule has 5 rings (SSSR count). The summed E-state index contributed by atoms with van der Waals surface area (Å²) in [5.74, 6) is -0.506. The number of carbonyl (C=O) groups excluding carboxylic acids is 1. The number of aromatic nitrogens is 2. The Labute approximate surface area is 194 Å². The van der Waals surface area contributed by atoms with Gasteiger partial charge in [-0.25, -0.2) is 4.39 Å². The zero-order valence-electron chi connectivity index (χ0n) is 17.5. The average Bonchev–Trinajstić information content (AvgIpc) is 3.14. The number of halogens is 2. The highest BCUT2D eigenvalue weighted by Gasteiger charge is 2.19. The molecular formula is C26H19ClFN3O2. The van der Waals surface area contributed by atoms with Crippen molar-refractivity contribution in [2.24, 2.45) is 0 Å². The predicted molar refractivity (Wildman–Crippen MR) is 128 cm³/mol. The normalized spacial score (nSPS) is 11.1. The van der Waals surface area contributed by atoms with Gasteiger partial charge in [-0.15, -0.1) is 0 Å². The Balaban J connectivity index is 1.53. The first-order chi connectivity index (χ1) is 16.1. The van der Waals surface area contributed by atoms with Crippen LogP contribution in [0.4, 0.5) is 10.1 Å². The third-order valence-electron chi connectivity index (χ3n) is 5.42. The van der Waals surface area contributed by atoms with Crippen LogP contribution in [0.1, 0.15) is 15.9 Å². The van der Waals surface area contributed by atoms with Gasteiger partial charge >= 0.3 is 0 Å². The Kier molecular flexibility index (Phi) is 5.67. The molecule has 0 atom stereocenters. The monoisotopic (exact) mass is 459 g/mol. The molecule has 0 saturated carbocycles. The molecule has 33 heavy (non-hydrogen) atoms. The van der Waals surface area contributed by atoms with E-state index in [-0.39, 0.29) is 11.7 Å². The fourth-order valence-electron chi connectivity index (χ4n) is 3.88. The standard InChI is InChI=1S/C26H19ClFN3O2/c27-18-6-9-23-22(16-18)25-21(26(32)30-20-10-13-29-14-11-20)2-1-3-24(25)31(23)33-15-12-17-4-7-19(28)8-5-17/h1-11,13-14,16H,12,15H2,(H,29,30,32). The number of hydrogen-bond donors (Lipinski definition) is 1. The lowest BCUT2D eigenvalue weighted by Gasteiger charge is -2.11. The van der Waals surface area contributed by atoms with Crippen LogP contribution in [-0.4, -0.2) is 22.2 Å². The smallest absolute Gasteiger partial charge is 0.256 e. The quantitative estimate of drug-likeness (QED) is 0.343. The minimum atomic E-state index is -0.267. The maximum absolute atomic E-state index is 13.2. The Bertz CT molecular complexity index is 1450. The van der Waals surface area contributed by atoms with E-state index in [1.54, 1.807) is 53.5 Å². The number of nitrogens with one attached hydrogen (secondary N) is 1. The summed E-state index contributed by atoms with van der Waals surface area (Å²) in [7, 11) is 0. The molecule has 0 aliphatic heterocycles. The zero-order valence-corrected chi connectivity index (χ0v) is 18.2. The second-order valence-electron chi connectivity index (χ2n) is 7.56. The van der Waals surface area contributed by atoms with Gasteiger partial charge in [-0.3, -0.25) is 9.78 Å². The molecule has 2 heterocycles. The highest BCUT2D eigenvalue weighted by molar-refractivity contribution is 6.32. The van der Waals surface area contributed by atoms with E-state index in [4.69, 9.17) is 16.4 Å². The Morgan fingerprint density at radius 3 is 2.58 bits per heavy atom. The van der Waals surface area contributed by atoms with E-state index in [0.717, 1.165) is 27.4 Å². The molecule has 0 spiro atoms. The number of pyridine rings is 1. The van der Waals surface area contributed by atoms with Gasteiger partial charge in [0.15, 0.2) is 0 Å². The molecule has 164 valence electrons. The largest absolute Gasteiger partial charge is 0.413 e. The van der Waals surface area contributed by atoms with Gasteiger partial charge in [0.1, 0.15) is 12.4 Å². The maximum atomic E-state index is 13.2. The SMILES string of the molecule is O=C(Nc1ccncc1)c1cccc2c1c1cc(Cl)ccc1n2OCCc1ccc(F)cc1. The molecule has 0 bridgehead atoms. The first-order valence-corrected chi connectivity index (χ1v) is 10.8. The molecule has 3 aromatic carbocycles. The van der Waals surface area contributed by atoms with Crippen LogP contribution in [0.5, 0.6) is 0 Å². The van der Waals surface area contributed by atoms with Crippen LogP contribution in [0, 0.1) is 5.82 Å². The summed E-state index contributed by atoms with van der Waals surface area (Å²) < 4.78 is 14.9. The summed E-state index contributed by atoms with van der Waals surface area (Å²) in [6.07, 6.45) is 3.85. The Morgan fingerprint density at radius 1 is 1.00 bits per heavy atom. The summed E-state index contributed by atoms with van der Waals surface area (Å²) in [5, 5.41) is 5.05. The minimum Gasteiger partial charge on any atom is -0.413 e. The van der Waals surface area contributed by atoms with Gasteiger partial charge < -0.3 is 10.2 Å². The molecule has 0 unspecified atom stereocenters. The van der Waals surface area contributed by atoms with Crippen molar-refractivity contribution in [3.8, 4) is 0 Å². The van der Waals surface area contributed by atoms with E-state index >= 15 is 0 Å². The fourth-order valence-corrected chi connectivity index (χ4v) is 4.05. The molecule has 5 nitrogen and oxygen atoms in total. The average molecular weight is 460 g/mol. The van der Waals surface area contributed by atoms with Gasteiger partial charge in [0.25, 0.3) is 5.91 Å². The van der Waals surface area contributed by atoms with Crippen LogP contribution in [0.15, 0.2) is 85.2 Å². The third-order valence-corrected chi connectivity index (χ3v) is 5.65. The molecule has 1 amide bonds. The number of anilines is 1. The van der Waals surface area contributed by atoms with E-state index in [1.807, 2.05) is 24.3 Å². The van der Waals surface area contributed by atoms with Crippen molar-refractivity contribution in [2.75, 3.05) is 11.9 Å². The van der Waals surface area contributed by atoms with E-state index in [9.17, 15) is 9.18 Å². The Morgan fingerprint density at radius 2 is 1.79 bits per heavy atom. The van der Waals surface area contributed by atoms with Crippen molar-refractivity contribution in [1.29, 1.82) is 0 Å². The topological polar surface area (TPSA) is 56.2 Å². The first kappa shape index (κ1) is 21.0. The summed E-state index contributed by atoms with van der Waals surface area (Å²) in [5.41, 5.74) is 3.70. The van der Waals surface area contributed by atoms with Crippen molar-refractivity contribution < 1.29 is 14.0 Å². The van der Waals surface area contributed by atoms with Crippen LogP contribution in [0.25, 0.3) is 21.8 Å². The third kappa shape index (κ3) is 4.25. The van der Waals surface area contributed by atoms with Gasteiger partial charge in [-0.05, 0) is 60.2 Å². The van der Waals surface area contributed by atoms with Crippen molar-refractivity contribution in [3.63, 3.8) is 0 Å².